The first-order chi connectivity index (χ1) is 7.09. The molecule has 0 radical (unpaired) electrons. The second-order valence-electron chi connectivity index (χ2n) is 4.42. The SMILES string of the molecule is CC(N)CCCNC(=O)C1CCC(C)O1. The molecular weight excluding hydrogens is 192 g/mol. The van der Waals surface area contributed by atoms with E-state index in [0.29, 0.717) is 6.54 Å². The molecule has 88 valence electrons. The lowest BCUT2D eigenvalue weighted by Gasteiger charge is -2.12. The van der Waals surface area contributed by atoms with Crippen molar-refractivity contribution in [2.45, 2.75) is 57.8 Å². The van der Waals surface area contributed by atoms with Crippen molar-refractivity contribution in [2.24, 2.45) is 5.73 Å². The summed E-state index contributed by atoms with van der Waals surface area (Å²) in [7, 11) is 0. The van der Waals surface area contributed by atoms with Gasteiger partial charge in [0, 0.05) is 12.6 Å². The fourth-order valence-corrected chi connectivity index (χ4v) is 1.74. The van der Waals surface area contributed by atoms with Crippen LogP contribution >= 0.6 is 0 Å². The maximum atomic E-state index is 11.6. The molecule has 3 unspecified atom stereocenters. The summed E-state index contributed by atoms with van der Waals surface area (Å²) in [6.45, 7) is 4.68. The van der Waals surface area contributed by atoms with Gasteiger partial charge in [0.2, 0.25) is 5.91 Å². The Morgan fingerprint density at radius 1 is 1.60 bits per heavy atom. The molecule has 1 aliphatic heterocycles. The van der Waals surface area contributed by atoms with Crippen LogP contribution in [0, 0.1) is 0 Å². The molecule has 0 aliphatic carbocycles. The number of nitrogens with one attached hydrogen (secondary N) is 1. The van der Waals surface area contributed by atoms with E-state index in [1.807, 2.05) is 13.8 Å². The molecule has 1 heterocycles. The topological polar surface area (TPSA) is 64.3 Å². The van der Waals surface area contributed by atoms with Crippen molar-refractivity contribution in [1.29, 1.82) is 0 Å². The third-order valence-electron chi connectivity index (χ3n) is 2.66. The van der Waals surface area contributed by atoms with E-state index in [1.165, 1.54) is 0 Å². The molecule has 1 rings (SSSR count). The molecule has 0 aromatic rings. The van der Waals surface area contributed by atoms with Crippen LogP contribution < -0.4 is 11.1 Å². The van der Waals surface area contributed by atoms with Crippen LogP contribution in [0.15, 0.2) is 0 Å². The molecule has 3 atom stereocenters. The largest absolute Gasteiger partial charge is 0.365 e. The maximum absolute atomic E-state index is 11.6. The Hall–Kier alpha value is -0.610. The van der Waals surface area contributed by atoms with E-state index in [9.17, 15) is 4.79 Å². The molecule has 1 aliphatic rings. The number of ether oxygens (including phenoxy) is 1. The number of hydrogen-bond acceptors (Lipinski definition) is 3. The highest BCUT2D eigenvalue weighted by Crippen LogP contribution is 2.18. The van der Waals surface area contributed by atoms with Crippen LogP contribution in [-0.4, -0.2) is 30.7 Å². The van der Waals surface area contributed by atoms with Crippen molar-refractivity contribution in [3.05, 3.63) is 0 Å². The molecule has 0 aromatic heterocycles. The van der Waals surface area contributed by atoms with Gasteiger partial charge in [0.05, 0.1) is 6.10 Å². The number of nitrogens with two attached hydrogens (primary N) is 1. The Kier molecular flexibility index (Phi) is 5.05. The van der Waals surface area contributed by atoms with Gasteiger partial charge in [-0.3, -0.25) is 4.79 Å². The van der Waals surface area contributed by atoms with Crippen molar-refractivity contribution in [2.75, 3.05) is 6.54 Å². The van der Waals surface area contributed by atoms with Gasteiger partial charge in [-0.1, -0.05) is 0 Å². The van der Waals surface area contributed by atoms with E-state index in [0.717, 1.165) is 25.7 Å². The minimum atomic E-state index is -0.227. The summed E-state index contributed by atoms with van der Waals surface area (Å²) in [5, 5.41) is 2.88. The molecule has 0 aromatic carbocycles. The van der Waals surface area contributed by atoms with Gasteiger partial charge < -0.3 is 15.8 Å². The second-order valence-corrected chi connectivity index (χ2v) is 4.42. The molecule has 0 bridgehead atoms. The molecule has 1 amide bonds. The lowest BCUT2D eigenvalue weighted by atomic mass is 10.2. The molecule has 0 saturated carbocycles. The molecular formula is C11H22N2O2. The van der Waals surface area contributed by atoms with Crippen molar-refractivity contribution < 1.29 is 9.53 Å². The molecule has 0 spiro atoms. The zero-order valence-electron chi connectivity index (χ0n) is 9.66. The van der Waals surface area contributed by atoms with E-state index in [2.05, 4.69) is 5.32 Å². The zero-order valence-corrected chi connectivity index (χ0v) is 9.66. The first-order valence-electron chi connectivity index (χ1n) is 5.78. The minimum Gasteiger partial charge on any atom is -0.365 e. The van der Waals surface area contributed by atoms with Crippen LogP contribution in [-0.2, 0) is 9.53 Å². The first-order valence-corrected chi connectivity index (χ1v) is 5.78. The van der Waals surface area contributed by atoms with E-state index < -0.39 is 0 Å². The van der Waals surface area contributed by atoms with Gasteiger partial charge >= 0.3 is 0 Å². The molecule has 1 saturated heterocycles. The van der Waals surface area contributed by atoms with Gasteiger partial charge in [-0.15, -0.1) is 0 Å². The van der Waals surface area contributed by atoms with Crippen molar-refractivity contribution >= 4 is 5.91 Å². The van der Waals surface area contributed by atoms with Gasteiger partial charge in [0.1, 0.15) is 6.10 Å². The van der Waals surface area contributed by atoms with Crippen LogP contribution in [0.1, 0.15) is 39.5 Å². The van der Waals surface area contributed by atoms with Gasteiger partial charge in [-0.2, -0.15) is 0 Å². The summed E-state index contributed by atoms with van der Waals surface area (Å²) >= 11 is 0. The van der Waals surface area contributed by atoms with E-state index in [-0.39, 0.29) is 24.2 Å². The predicted molar refractivity (Wildman–Crippen MR) is 59.5 cm³/mol. The van der Waals surface area contributed by atoms with E-state index in [1.54, 1.807) is 0 Å². The van der Waals surface area contributed by atoms with Crippen LogP contribution in [0.25, 0.3) is 0 Å². The normalized spacial score (nSPS) is 27.7. The Labute approximate surface area is 91.5 Å². The smallest absolute Gasteiger partial charge is 0.249 e. The highest BCUT2D eigenvalue weighted by atomic mass is 16.5. The van der Waals surface area contributed by atoms with Gasteiger partial charge in [0.15, 0.2) is 0 Å². The van der Waals surface area contributed by atoms with Gasteiger partial charge in [0.25, 0.3) is 0 Å². The van der Waals surface area contributed by atoms with E-state index >= 15 is 0 Å². The Morgan fingerprint density at radius 2 is 2.33 bits per heavy atom. The maximum Gasteiger partial charge on any atom is 0.249 e. The van der Waals surface area contributed by atoms with Crippen molar-refractivity contribution in [3.63, 3.8) is 0 Å². The fourth-order valence-electron chi connectivity index (χ4n) is 1.74. The van der Waals surface area contributed by atoms with Crippen LogP contribution in [0.4, 0.5) is 0 Å². The third kappa shape index (κ3) is 4.62. The fraction of sp³-hybridized carbons (Fsp3) is 0.909. The summed E-state index contributed by atoms with van der Waals surface area (Å²) < 4.78 is 5.46. The van der Waals surface area contributed by atoms with E-state index in [4.69, 9.17) is 10.5 Å². The van der Waals surface area contributed by atoms with Crippen LogP contribution in [0.2, 0.25) is 0 Å². The van der Waals surface area contributed by atoms with Crippen molar-refractivity contribution in [1.82, 2.24) is 5.32 Å². The average Bonchev–Trinajstić information content (AvgIpc) is 2.59. The molecule has 3 N–H and O–H groups in total. The Bertz CT molecular complexity index is 207. The summed E-state index contributed by atoms with van der Waals surface area (Å²) in [6.07, 6.45) is 3.71. The third-order valence-corrected chi connectivity index (χ3v) is 2.66. The summed E-state index contributed by atoms with van der Waals surface area (Å²) in [5.74, 6) is 0.0315. The number of rotatable bonds is 5. The number of carbonyl (C=O) groups is 1. The molecule has 15 heavy (non-hydrogen) atoms. The van der Waals surface area contributed by atoms with Gasteiger partial charge in [-0.25, -0.2) is 0 Å². The standard InChI is InChI=1S/C11H22N2O2/c1-8(12)4-3-7-13-11(14)10-6-5-9(2)15-10/h8-10H,3-7,12H2,1-2H3,(H,13,14). The quantitative estimate of drug-likeness (QED) is 0.665. The lowest BCUT2D eigenvalue weighted by molar-refractivity contribution is -0.131. The number of carbonyl (C=O) groups excluding carboxylic acids is 1. The zero-order chi connectivity index (χ0) is 11.3. The number of hydrogen-bond donors (Lipinski definition) is 2. The summed E-state index contributed by atoms with van der Waals surface area (Å²) in [6, 6.07) is 0.213. The highest BCUT2D eigenvalue weighted by Gasteiger charge is 2.27. The summed E-state index contributed by atoms with van der Waals surface area (Å²) in [4.78, 5) is 11.6. The van der Waals surface area contributed by atoms with Crippen LogP contribution in [0.3, 0.4) is 0 Å². The van der Waals surface area contributed by atoms with Gasteiger partial charge in [-0.05, 0) is 39.5 Å². The highest BCUT2D eigenvalue weighted by molar-refractivity contribution is 5.80. The Morgan fingerprint density at radius 3 is 2.87 bits per heavy atom. The average molecular weight is 214 g/mol. The van der Waals surface area contributed by atoms with Crippen molar-refractivity contribution in [3.8, 4) is 0 Å². The molecule has 4 heteroatoms. The molecule has 4 nitrogen and oxygen atoms in total. The molecule has 1 fully saturated rings. The Balaban J connectivity index is 2.08. The number of amides is 1. The monoisotopic (exact) mass is 214 g/mol. The predicted octanol–water partition coefficient (Wildman–Crippen LogP) is 0.797. The first kappa shape index (κ1) is 12.5. The lowest BCUT2D eigenvalue weighted by Crippen LogP contribution is -2.35. The summed E-state index contributed by atoms with van der Waals surface area (Å²) in [5.41, 5.74) is 5.61. The second kappa shape index (κ2) is 6.08. The van der Waals surface area contributed by atoms with Crippen LogP contribution in [0.5, 0.6) is 0 Å². The minimum absolute atomic E-state index is 0.0315.